The topological polar surface area (TPSA) is 75.6 Å². The second kappa shape index (κ2) is 11.4. The number of carbonyl (C=O) groups excluding carboxylic acids is 1. The summed E-state index contributed by atoms with van der Waals surface area (Å²) in [6.07, 6.45) is -4.10. The molecule has 2 N–H and O–H groups in total. The zero-order valence-electron chi connectivity index (χ0n) is 19.3. The third kappa shape index (κ3) is 7.58. The van der Waals surface area contributed by atoms with E-state index in [-0.39, 0.29) is 25.0 Å². The minimum Gasteiger partial charge on any atom is -0.485 e. The van der Waals surface area contributed by atoms with E-state index in [1.54, 1.807) is 30.3 Å². The van der Waals surface area contributed by atoms with Crippen LogP contribution in [0.5, 0.6) is 5.75 Å². The minimum absolute atomic E-state index is 0.0542. The van der Waals surface area contributed by atoms with Gasteiger partial charge in [-0.3, -0.25) is 9.59 Å². The molecule has 3 aromatic rings. The Morgan fingerprint density at radius 1 is 0.971 bits per heavy atom. The van der Waals surface area contributed by atoms with Crippen molar-refractivity contribution in [3.63, 3.8) is 0 Å². The second-order valence-electron chi connectivity index (χ2n) is 8.44. The lowest BCUT2D eigenvalue weighted by Crippen LogP contribution is -2.25. The first kappa shape index (κ1) is 26.3. The van der Waals surface area contributed by atoms with E-state index in [0.29, 0.717) is 28.5 Å². The normalized spacial score (nSPS) is 12.4. The van der Waals surface area contributed by atoms with Crippen molar-refractivity contribution in [1.82, 2.24) is 5.32 Å². The summed E-state index contributed by atoms with van der Waals surface area (Å²) in [6, 6.07) is 15.7. The van der Waals surface area contributed by atoms with Gasteiger partial charge in [-0.05, 0) is 59.9 Å². The molecule has 1 aromatic heterocycles. The van der Waals surface area contributed by atoms with Crippen LogP contribution in [0.25, 0.3) is 11.1 Å². The standard InChI is InChI=1S/C26H26F3NO4S/c1-16(2)15-21(22-11-12-23(35-22)25(33)30-14-13-24(31)32)34-20-9-5-18(6-10-20)17-3-7-19(8-4-17)26(27,28)29/h3-12,16,21H,13-15H2,1-2H3,(H,30,33)(H,31,32). The molecular formula is C26H26F3NO4S. The highest BCUT2D eigenvalue weighted by atomic mass is 32.1. The number of benzene rings is 2. The molecule has 1 heterocycles. The van der Waals surface area contributed by atoms with Gasteiger partial charge < -0.3 is 15.2 Å². The van der Waals surface area contributed by atoms with Gasteiger partial charge in [-0.25, -0.2) is 0 Å². The zero-order valence-corrected chi connectivity index (χ0v) is 20.1. The molecule has 5 nitrogen and oxygen atoms in total. The lowest BCUT2D eigenvalue weighted by Gasteiger charge is -2.20. The summed E-state index contributed by atoms with van der Waals surface area (Å²) in [5.41, 5.74) is 0.742. The summed E-state index contributed by atoms with van der Waals surface area (Å²) in [4.78, 5) is 24.3. The van der Waals surface area contributed by atoms with Crippen LogP contribution in [0, 0.1) is 5.92 Å². The molecule has 0 saturated heterocycles. The van der Waals surface area contributed by atoms with Gasteiger partial charge in [-0.1, -0.05) is 38.1 Å². The number of hydrogen-bond donors (Lipinski definition) is 2. The highest BCUT2D eigenvalue weighted by molar-refractivity contribution is 7.14. The van der Waals surface area contributed by atoms with Gasteiger partial charge in [0.25, 0.3) is 5.91 Å². The van der Waals surface area contributed by atoms with Crippen LogP contribution in [0.15, 0.2) is 60.7 Å². The van der Waals surface area contributed by atoms with Gasteiger partial charge >= 0.3 is 12.1 Å². The Labute approximate surface area is 205 Å². The predicted molar refractivity (Wildman–Crippen MR) is 129 cm³/mol. The number of halogens is 3. The highest BCUT2D eigenvalue weighted by Crippen LogP contribution is 2.34. The van der Waals surface area contributed by atoms with Crippen LogP contribution in [0.4, 0.5) is 13.2 Å². The molecule has 2 aromatic carbocycles. The molecule has 0 fully saturated rings. The fourth-order valence-corrected chi connectivity index (χ4v) is 4.38. The molecule has 0 aliphatic rings. The Bertz CT molecular complexity index is 1140. The number of carboxylic acid groups (broad SMARTS) is 1. The molecule has 9 heteroatoms. The highest BCUT2D eigenvalue weighted by Gasteiger charge is 2.30. The van der Waals surface area contributed by atoms with E-state index in [0.717, 1.165) is 22.6 Å². The van der Waals surface area contributed by atoms with E-state index < -0.39 is 17.7 Å². The SMILES string of the molecule is CC(C)CC(Oc1ccc(-c2ccc(C(F)(F)F)cc2)cc1)c1ccc(C(=O)NCCC(=O)O)s1. The number of rotatable bonds is 10. The number of carboxylic acids is 1. The molecular weight excluding hydrogens is 479 g/mol. The summed E-state index contributed by atoms with van der Waals surface area (Å²) < 4.78 is 44.6. The first-order chi connectivity index (χ1) is 16.5. The summed E-state index contributed by atoms with van der Waals surface area (Å²) in [5.74, 6) is -0.382. The average Bonchev–Trinajstić information content (AvgIpc) is 3.29. The molecule has 0 aliphatic heterocycles. The molecule has 0 bridgehead atoms. The van der Waals surface area contributed by atoms with Crippen LogP contribution in [0.3, 0.4) is 0 Å². The quantitative estimate of drug-likeness (QED) is 0.318. The number of aliphatic carboxylic acids is 1. The van der Waals surface area contributed by atoms with Crippen molar-refractivity contribution in [2.75, 3.05) is 6.54 Å². The molecule has 1 atom stereocenters. The van der Waals surface area contributed by atoms with Crippen LogP contribution in [0.2, 0.25) is 0 Å². The van der Waals surface area contributed by atoms with Crippen molar-refractivity contribution in [2.45, 2.75) is 39.0 Å². The van der Waals surface area contributed by atoms with Gasteiger partial charge in [0.05, 0.1) is 16.9 Å². The summed E-state index contributed by atoms with van der Waals surface area (Å²) in [7, 11) is 0. The molecule has 3 rings (SSSR count). The molecule has 186 valence electrons. The number of hydrogen-bond acceptors (Lipinski definition) is 4. The van der Waals surface area contributed by atoms with Gasteiger partial charge in [0, 0.05) is 11.4 Å². The summed E-state index contributed by atoms with van der Waals surface area (Å²) in [5, 5.41) is 11.3. The van der Waals surface area contributed by atoms with E-state index in [1.165, 1.54) is 23.5 Å². The van der Waals surface area contributed by atoms with Crippen LogP contribution in [-0.4, -0.2) is 23.5 Å². The van der Waals surface area contributed by atoms with E-state index in [2.05, 4.69) is 19.2 Å². The Morgan fingerprint density at radius 2 is 1.57 bits per heavy atom. The van der Waals surface area contributed by atoms with Crippen molar-refractivity contribution in [1.29, 1.82) is 0 Å². The summed E-state index contributed by atoms with van der Waals surface area (Å²) >= 11 is 1.30. The first-order valence-corrected chi connectivity index (χ1v) is 11.9. The predicted octanol–water partition coefficient (Wildman–Crippen LogP) is 6.80. The fourth-order valence-electron chi connectivity index (χ4n) is 3.41. The summed E-state index contributed by atoms with van der Waals surface area (Å²) in [6.45, 7) is 4.19. The van der Waals surface area contributed by atoms with E-state index in [4.69, 9.17) is 9.84 Å². The fraction of sp³-hybridized carbons (Fsp3) is 0.308. The van der Waals surface area contributed by atoms with Crippen molar-refractivity contribution in [2.24, 2.45) is 5.92 Å². The maximum absolute atomic E-state index is 12.8. The van der Waals surface area contributed by atoms with Gasteiger partial charge in [0.15, 0.2) is 0 Å². The maximum atomic E-state index is 12.8. The van der Waals surface area contributed by atoms with E-state index in [1.807, 2.05) is 6.07 Å². The van der Waals surface area contributed by atoms with Gasteiger partial charge in [0.1, 0.15) is 11.9 Å². The lowest BCUT2D eigenvalue weighted by atomic mass is 10.0. The van der Waals surface area contributed by atoms with E-state index in [9.17, 15) is 22.8 Å². The number of amides is 1. The van der Waals surface area contributed by atoms with Crippen molar-refractivity contribution in [3.05, 3.63) is 76.0 Å². The Kier molecular flexibility index (Phi) is 8.56. The monoisotopic (exact) mass is 505 g/mol. The molecule has 1 unspecified atom stereocenters. The zero-order chi connectivity index (χ0) is 25.6. The van der Waals surface area contributed by atoms with Crippen molar-refractivity contribution >= 4 is 23.2 Å². The number of thiophene rings is 1. The maximum Gasteiger partial charge on any atom is 0.416 e. The smallest absolute Gasteiger partial charge is 0.416 e. The van der Waals surface area contributed by atoms with Crippen molar-refractivity contribution in [3.8, 4) is 16.9 Å². The Balaban J connectivity index is 1.70. The molecule has 1 amide bonds. The largest absolute Gasteiger partial charge is 0.485 e. The molecule has 0 spiro atoms. The Morgan fingerprint density at radius 3 is 2.11 bits per heavy atom. The first-order valence-electron chi connectivity index (χ1n) is 11.1. The number of nitrogens with one attached hydrogen (secondary N) is 1. The van der Waals surface area contributed by atoms with Crippen LogP contribution >= 0.6 is 11.3 Å². The van der Waals surface area contributed by atoms with Gasteiger partial charge in [0.2, 0.25) is 0 Å². The van der Waals surface area contributed by atoms with Crippen LogP contribution in [-0.2, 0) is 11.0 Å². The van der Waals surface area contributed by atoms with Gasteiger partial charge in [-0.2, -0.15) is 13.2 Å². The minimum atomic E-state index is -4.37. The Hall–Kier alpha value is -3.33. The third-order valence-corrected chi connectivity index (χ3v) is 6.33. The van der Waals surface area contributed by atoms with Crippen molar-refractivity contribution < 1.29 is 32.6 Å². The van der Waals surface area contributed by atoms with Crippen LogP contribution < -0.4 is 10.1 Å². The van der Waals surface area contributed by atoms with E-state index >= 15 is 0 Å². The average molecular weight is 506 g/mol. The van der Waals surface area contributed by atoms with Crippen LogP contribution in [0.1, 0.15) is 52.9 Å². The molecule has 0 radical (unpaired) electrons. The van der Waals surface area contributed by atoms with Gasteiger partial charge in [-0.15, -0.1) is 11.3 Å². The number of alkyl halides is 3. The second-order valence-corrected chi connectivity index (χ2v) is 9.55. The third-order valence-electron chi connectivity index (χ3n) is 5.16. The molecule has 0 saturated carbocycles. The number of ether oxygens (including phenoxy) is 1. The molecule has 0 aliphatic carbocycles. The number of carbonyl (C=O) groups is 2. The molecule has 35 heavy (non-hydrogen) atoms. The lowest BCUT2D eigenvalue weighted by molar-refractivity contribution is -0.138.